The standard InChI is InChI=1S/C14H17N3O2S/c1-3-15-10-4-5-12(9(2)6-10)13(18)16-7-11-8-20-14(19)17-11/h4-6,8,15H,3,7H2,1-2H3,(H,16,18)(H,17,19). The fourth-order valence-electron chi connectivity index (χ4n) is 1.90. The number of nitrogens with one attached hydrogen (secondary N) is 3. The molecule has 1 amide bonds. The van der Waals surface area contributed by atoms with Gasteiger partial charge in [-0.2, -0.15) is 0 Å². The van der Waals surface area contributed by atoms with Crippen molar-refractivity contribution in [1.29, 1.82) is 0 Å². The molecule has 2 rings (SSSR count). The van der Waals surface area contributed by atoms with Crippen LogP contribution in [-0.4, -0.2) is 17.4 Å². The van der Waals surface area contributed by atoms with E-state index in [1.54, 1.807) is 11.4 Å². The first-order valence-corrected chi connectivity index (χ1v) is 7.27. The predicted molar refractivity (Wildman–Crippen MR) is 81.5 cm³/mol. The Morgan fingerprint density at radius 3 is 2.80 bits per heavy atom. The lowest BCUT2D eigenvalue weighted by molar-refractivity contribution is 0.0950. The van der Waals surface area contributed by atoms with Crippen molar-refractivity contribution in [3.05, 3.63) is 50.1 Å². The third-order valence-corrected chi connectivity index (χ3v) is 3.58. The van der Waals surface area contributed by atoms with Gasteiger partial charge in [0.25, 0.3) is 5.91 Å². The minimum atomic E-state index is -0.141. The summed E-state index contributed by atoms with van der Waals surface area (Å²) in [6.45, 7) is 5.10. The van der Waals surface area contributed by atoms with Crippen molar-refractivity contribution < 1.29 is 4.79 Å². The van der Waals surface area contributed by atoms with Gasteiger partial charge in [0.15, 0.2) is 0 Å². The number of hydrogen-bond donors (Lipinski definition) is 3. The normalized spacial score (nSPS) is 10.3. The number of H-pyrrole nitrogens is 1. The van der Waals surface area contributed by atoms with Gasteiger partial charge in [0.2, 0.25) is 0 Å². The van der Waals surface area contributed by atoms with Gasteiger partial charge in [-0.15, -0.1) is 0 Å². The number of aryl methyl sites for hydroxylation is 1. The number of hydrogen-bond acceptors (Lipinski definition) is 4. The molecule has 5 nitrogen and oxygen atoms in total. The Morgan fingerprint density at radius 2 is 2.20 bits per heavy atom. The van der Waals surface area contributed by atoms with E-state index in [1.165, 1.54) is 0 Å². The molecule has 3 N–H and O–H groups in total. The van der Waals surface area contributed by atoms with Crippen molar-refractivity contribution in [2.24, 2.45) is 0 Å². The zero-order valence-electron chi connectivity index (χ0n) is 11.4. The molecule has 106 valence electrons. The number of thiazole rings is 1. The van der Waals surface area contributed by atoms with E-state index in [0.29, 0.717) is 12.1 Å². The molecule has 0 saturated heterocycles. The van der Waals surface area contributed by atoms with Gasteiger partial charge in [-0.1, -0.05) is 11.3 Å². The highest BCUT2D eigenvalue weighted by Gasteiger charge is 2.09. The number of amides is 1. The molecule has 0 radical (unpaired) electrons. The average molecular weight is 291 g/mol. The van der Waals surface area contributed by atoms with E-state index >= 15 is 0 Å². The van der Waals surface area contributed by atoms with Crippen LogP contribution in [0.25, 0.3) is 0 Å². The largest absolute Gasteiger partial charge is 0.385 e. The van der Waals surface area contributed by atoms with Gasteiger partial charge in [0.1, 0.15) is 0 Å². The zero-order valence-corrected chi connectivity index (χ0v) is 12.3. The molecule has 0 aliphatic carbocycles. The van der Waals surface area contributed by atoms with Crippen molar-refractivity contribution in [3.8, 4) is 0 Å². The number of anilines is 1. The first-order chi connectivity index (χ1) is 9.60. The Hall–Kier alpha value is -2.08. The maximum Gasteiger partial charge on any atom is 0.304 e. The topological polar surface area (TPSA) is 74.0 Å². The molecule has 0 saturated carbocycles. The second kappa shape index (κ2) is 6.38. The van der Waals surface area contributed by atoms with Gasteiger partial charge in [-0.25, -0.2) is 0 Å². The number of carbonyl (C=O) groups excluding carboxylic acids is 1. The average Bonchev–Trinajstić information content (AvgIpc) is 2.82. The summed E-state index contributed by atoms with van der Waals surface area (Å²) < 4.78 is 0. The maximum atomic E-state index is 12.1. The molecule has 6 heteroatoms. The lowest BCUT2D eigenvalue weighted by Gasteiger charge is -2.09. The minimum absolute atomic E-state index is 0.111. The van der Waals surface area contributed by atoms with E-state index in [4.69, 9.17) is 0 Å². The molecule has 0 fully saturated rings. The van der Waals surface area contributed by atoms with Gasteiger partial charge in [-0.05, 0) is 37.6 Å². The Labute approximate surface area is 121 Å². The second-order valence-corrected chi connectivity index (χ2v) is 5.26. The summed E-state index contributed by atoms with van der Waals surface area (Å²) in [5, 5.41) is 7.72. The van der Waals surface area contributed by atoms with Crippen LogP contribution in [0.5, 0.6) is 0 Å². The molecule has 0 aliphatic heterocycles. The van der Waals surface area contributed by atoms with Crippen LogP contribution in [0.4, 0.5) is 5.69 Å². The van der Waals surface area contributed by atoms with Crippen LogP contribution >= 0.6 is 11.3 Å². The summed E-state index contributed by atoms with van der Waals surface area (Å²) in [5.74, 6) is -0.141. The smallest absolute Gasteiger partial charge is 0.304 e. The van der Waals surface area contributed by atoms with E-state index < -0.39 is 0 Å². The Morgan fingerprint density at radius 1 is 1.40 bits per heavy atom. The van der Waals surface area contributed by atoms with Crippen LogP contribution in [0.15, 0.2) is 28.4 Å². The molecule has 1 aromatic heterocycles. The number of aromatic nitrogens is 1. The molecule has 0 bridgehead atoms. The molecule has 1 aromatic carbocycles. The molecule has 0 aliphatic rings. The molecular formula is C14H17N3O2S. The van der Waals surface area contributed by atoms with Crippen LogP contribution in [-0.2, 0) is 6.54 Å². The molecular weight excluding hydrogens is 274 g/mol. The fourth-order valence-corrected chi connectivity index (χ4v) is 2.49. The van der Waals surface area contributed by atoms with Crippen LogP contribution in [0.1, 0.15) is 28.5 Å². The molecule has 0 spiro atoms. The summed E-state index contributed by atoms with van der Waals surface area (Å²) >= 11 is 1.09. The molecule has 2 aromatic rings. The highest BCUT2D eigenvalue weighted by molar-refractivity contribution is 7.07. The first kappa shape index (κ1) is 14.3. The molecule has 1 heterocycles. The highest BCUT2D eigenvalue weighted by Crippen LogP contribution is 2.15. The second-order valence-electron chi connectivity index (χ2n) is 4.42. The fraction of sp³-hybridized carbons (Fsp3) is 0.286. The molecule has 20 heavy (non-hydrogen) atoms. The number of benzene rings is 1. The SMILES string of the molecule is CCNc1ccc(C(=O)NCc2csc(=O)[nH]2)c(C)c1. The maximum absolute atomic E-state index is 12.1. The van der Waals surface area contributed by atoms with Crippen LogP contribution < -0.4 is 15.5 Å². The lowest BCUT2D eigenvalue weighted by atomic mass is 10.1. The Balaban J connectivity index is 2.03. The highest BCUT2D eigenvalue weighted by atomic mass is 32.1. The molecule has 0 atom stereocenters. The number of aromatic amines is 1. The van der Waals surface area contributed by atoms with Crippen LogP contribution in [0.3, 0.4) is 0 Å². The predicted octanol–water partition coefficient (Wildman–Crippen LogP) is 2.11. The van der Waals surface area contributed by atoms with Crippen molar-refractivity contribution in [2.45, 2.75) is 20.4 Å². The van der Waals surface area contributed by atoms with Crippen molar-refractivity contribution in [2.75, 3.05) is 11.9 Å². The summed E-state index contributed by atoms with van der Waals surface area (Å²) in [4.78, 5) is 25.6. The van der Waals surface area contributed by atoms with E-state index in [2.05, 4.69) is 15.6 Å². The zero-order chi connectivity index (χ0) is 14.5. The third kappa shape index (κ3) is 3.48. The van der Waals surface area contributed by atoms with E-state index in [1.807, 2.05) is 26.0 Å². The summed E-state index contributed by atoms with van der Waals surface area (Å²) in [6, 6.07) is 5.64. The third-order valence-electron chi connectivity index (χ3n) is 2.86. The Bertz CT molecular complexity index is 660. The van der Waals surface area contributed by atoms with E-state index in [0.717, 1.165) is 34.8 Å². The van der Waals surface area contributed by atoms with Crippen molar-refractivity contribution in [1.82, 2.24) is 10.3 Å². The summed E-state index contributed by atoms with van der Waals surface area (Å²) in [6.07, 6.45) is 0. The minimum Gasteiger partial charge on any atom is -0.385 e. The van der Waals surface area contributed by atoms with Crippen LogP contribution in [0, 0.1) is 6.92 Å². The quantitative estimate of drug-likeness (QED) is 0.790. The number of rotatable bonds is 5. The monoisotopic (exact) mass is 291 g/mol. The van der Waals surface area contributed by atoms with Crippen molar-refractivity contribution in [3.63, 3.8) is 0 Å². The van der Waals surface area contributed by atoms with E-state index in [9.17, 15) is 9.59 Å². The summed E-state index contributed by atoms with van der Waals surface area (Å²) in [7, 11) is 0. The van der Waals surface area contributed by atoms with E-state index in [-0.39, 0.29) is 10.8 Å². The van der Waals surface area contributed by atoms with Gasteiger partial charge < -0.3 is 15.6 Å². The molecule has 0 unspecified atom stereocenters. The lowest BCUT2D eigenvalue weighted by Crippen LogP contribution is -2.24. The van der Waals surface area contributed by atoms with Gasteiger partial charge in [-0.3, -0.25) is 9.59 Å². The van der Waals surface area contributed by atoms with Crippen LogP contribution in [0.2, 0.25) is 0 Å². The van der Waals surface area contributed by atoms with Gasteiger partial charge >= 0.3 is 4.87 Å². The summed E-state index contributed by atoms with van der Waals surface area (Å²) in [5.41, 5.74) is 3.28. The first-order valence-electron chi connectivity index (χ1n) is 6.39. The van der Waals surface area contributed by atoms with Gasteiger partial charge in [0.05, 0.1) is 6.54 Å². The van der Waals surface area contributed by atoms with Crippen molar-refractivity contribution >= 4 is 22.9 Å². The Kier molecular flexibility index (Phi) is 4.57. The number of carbonyl (C=O) groups is 1. The van der Waals surface area contributed by atoms with Gasteiger partial charge in [0, 0.05) is 28.9 Å².